The van der Waals surface area contributed by atoms with Gasteiger partial charge in [-0.05, 0) is 42.3 Å². The highest BCUT2D eigenvalue weighted by Crippen LogP contribution is 2.37. The summed E-state index contributed by atoms with van der Waals surface area (Å²) in [5.41, 5.74) is 1.86. The topological polar surface area (TPSA) is 81.7 Å². The van der Waals surface area contributed by atoms with Crippen LogP contribution in [0.2, 0.25) is 0 Å². The molecule has 0 bridgehead atoms. The van der Waals surface area contributed by atoms with Gasteiger partial charge in [0.1, 0.15) is 13.2 Å². The average molecular weight is 454 g/mol. The summed E-state index contributed by atoms with van der Waals surface area (Å²) in [4.78, 5) is 12.6. The Bertz CT molecular complexity index is 974. The van der Waals surface area contributed by atoms with Crippen LogP contribution in [-0.2, 0) is 15.6 Å². The number of rotatable bonds is 5. The van der Waals surface area contributed by atoms with Gasteiger partial charge in [-0.3, -0.25) is 4.79 Å². The third kappa shape index (κ3) is 5.01. The van der Waals surface area contributed by atoms with E-state index in [2.05, 4.69) is 21.2 Å². The second-order valence-electron chi connectivity index (χ2n) is 6.48. The molecule has 144 valence electrons. The summed E-state index contributed by atoms with van der Waals surface area (Å²) in [6.07, 6.45) is 1.17. The number of carbonyl (C=O) groups excluding carboxylic acids is 1. The number of ether oxygens (including phenoxy) is 2. The van der Waals surface area contributed by atoms with E-state index in [1.165, 1.54) is 6.26 Å². The highest BCUT2D eigenvalue weighted by Gasteiger charge is 2.20. The lowest BCUT2D eigenvalue weighted by molar-refractivity contribution is 0.0939. The molecule has 1 aliphatic heterocycles. The van der Waals surface area contributed by atoms with Crippen molar-refractivity contribution < 1.29 is 22.7 Å². The Balaban J connectivity index is 1.77. The Morgan fingerprint density at radius 3 is 2.52 bits per heavy atom. The molecule has 0 aliphatic carbocycles. The van der Waals surface area contributed by atoms with Gasteiger partial charge in [-0.25, -0.2) is 8.42 Å². The second kappa shape index (κ2) is 7.90. The Labute approximate surface area is 166 Å². The van der Waals surface area contributed by atoms with E-state index in [9.17, 15) is 13.2 Å². The Morgan fingerprint density at radius 2 is 1.85 bits per heavy atom. The van der Waals surface area contributed by atoms with Gasteiger partial charge in [-0.1, -0.05) is 28.1 Å². The van der Waals surface area contributed by atoms with Crippen molar-refractivity contribution in [3.8, 4) is 11.5 Å². The highest BCUT2D eigenvalue weighted by molar-refractivity contribution is 9.10. The number of hydrogen-bond acceptors (Lipinski definition) is 5. The molecule has 0 aromatic heterocycles. The highest BCUT2D eigenvalue weighted by atomic mass is 79.9. The molecule has 0 radical (unpaired) electrons. The molecule has 6 nitrogen and oxygen atoms in total. The Kier molecular flexibility index (Phi) is 5.76. The fraction of sp³-hybridized carbons (Fsp3) is 0.316. The minimum atomic E-state index is -3.16. The minimum absolute atomic E-state index is 0.0998. The average Bonchev–Trinajstić information content (AvgIpc) is 2.59. The largest absolute Gasteiger partial charge is 0.486 e. The summed E-state index contributed by atoms with van der Waals surface area (Å²) in [5.74, 6) is 0.941. The van der Waals surface area contributed by atoms with Crippen LogP contribution in [0.25, 0.3) is 0 Å². The number of hydrogen-bond donors (Lipinski definition) is 1. The Morgan fingerprint density at radius 1 is 1.19 bits per heavy atom. The fourth-order valence-electron chi connectivity index (χ4n) is 2.87. The zero-order valence-electron chi connectivity index (χ0n) is 15.0. The SMILES string of the molecule is CC(NC(=O)c1cccc(CS(C)(=O)=O)c1)c1cc2c(cc1Br)OCCO2. The summed E-state index contributed by atoms with van der Waals surface area (Å²) < 4.78 is 34.9. The van der Waals surface area contributed by atoms with Gasteiger partial charge in [0.25, 0.3) is 5.91 Å². The lowest BCUT2D eigenvalue weighted by Gasteiger charge is -2.22. The third-order valence-electron chi connectivity index (χ3n) is 4.09. The molecule has 1 aliphatic rings. The van der Waals surface area contributed by atoms with E-state index in [-0.39, 0.29) is 17.7 Å². The van der Waals surface area contributed by atoms with Gasteiger partial charge in [0.05, 0.1) is 11.8 Å². The molecule has 2 aromatic rings. The van der Waals surface area contributed by atoms with Crippen molar-refractivity contribution in [1.82, 2.24) is 5.32 Å². The molecule has 1 atom stereocenters. The number of halogens is 1. The number of nitrogens with one attached hydrogen (secondary N) is 1. The van der Waals surface area contributed by atoms with Crippen LogP contribution in [0.3, 0.4) is 0 Å². The number of sulfone groups is 1. The molecule has 0 fully saturated rings. The maximum absolute atomic E-state index is 12.6. The van der Waals surface area contributed by atoms with Crippen LogP contribution in [0.15, 0.2) is 40.9 Å². The van der Waals surface area contributed by atoms with Crippen LogP contribution in [0.5, 0.6) is 11.5 Å². The van der Waals surface area contributed by atoms with Gasteiger partial charge in [-0.2, -0.15) is 0 Å². The molecule has 0 saturated heterocycles. The molecule has 2 aromatic carbocycles. The lowest BCUT2D eigenvalue weighted by Crippen LogP contribution is -2.27. The van der Waals surface area contributed by atoms with E-state index >= 15 is 0 Å². The van der Waals surface area contributed by atoms with Crippen molar-refractivity contribution in [3.05, 3.63) is 57.6 Å². The molecule has 8 heteroatoms. The number of carbonyl (C=O) groups is 1. The zero-order chi connectivity index (χ0) is 19.6. The molecule has 27 heavy (non-hydrogen) atoms. The quantitative estimate of drug-likeness (QED) is 0.750. The number of benzene rings is 2. The first-order valence-electron chi connectivity index (χ1n) is 8.39. The molecular formula is C19H20BrNO5S. The van der Waals surface area contributed by atoms with E-state index < -0.39 is 9.84 Å². The fourth-order valence-corrected chi connectivity index (χ4v) is 4.33. The van der Waals surface area contributed by atoms with Crippen LogP contribution < -0.4 is 14.8 Å². The molecule has 0 spiro atoms. The molecule has 1 amide bonds. The molecular weight excluding hydrogens is 434 g/mol. The third-order valence-corrected chi connectivity index (χ3v) is 5.64. The molecule has 0 saturated carbocycles. The van der Waals surface area contributed by atoms with Crippen LogP contribution in [-0.4, -0.2) is 33.8 Å². The maximum Gasteiger partial charge on any atom is 0.251 e. The first-order chi connectivity index (χ1) is 12.7. The van der Waals surface area contributed by atoms with E-state index in [0.29, 0.717) is 35.8 Å². The molecule has 1 heterocycles. The summed E-state index contributed by atoms with van der Waals surface area (Å²) in [7, 11) is -3.16. The van der Waals surface area contributed by atoms with Crippen molar-refractivity contribution in [1.29, 1.82) is 0 Å². The predicted molar refractivity (Wildman–Crippen MR) is 106 cm³/mol. The van der Waals surface area contributed by atoms with Gasteiger partial charge in [-0.15, -0.1) is 0 Å². The van der Waals surface area contributed by atoms with Gasteiger partial charge in [0.15, 0.2) is 21.3 Å². The van der Waals surface area contributed by atoms with Crippen LogP contribution in [0, 0.1) is 0 Å². The van der Waals surface area contributed by atoms with E-state index in [1.807, 2.05) is 19.1 Å². The second-order valence-corrected chi connectivity index (χ2v) is 9.48. The van der Waals surface area contributed by atoms with Crippen molar-refractivity contribution in [2.24, 2.45) is 0 Å². The van der Waals surface area contributed by atoms with E-state index in [0.717, 1.165) is 10.0 Å². The summed E-state index contributed by atoms with van der Waals surface area (Å²) in [6.45, 7) is 2.87. The summed E-state index contributed by atoms with van der Waals surface area (Å²) in [5, 5.41) is 2.94. The first kappa shape index (κ1) is 19.7. The summed E-state index contributed by atoms with van der Waals surface area (Å²) >= 11 is 3.51. The number of fused-ring (bicyclic) bond motifs is 1. The maximum atomic E-state index is 12.6. The lowest BCUT2D eigenvalue weighted by atomic mass is 10.1. The van der Waals surface area contributed by atoms with E-state index in [4.69, 9.17) is 9.47 Å². The standard InChI is InChI=1S/C19H20BrNO5S/c1-12(15-9-17-18(10-16(15)20)26-7-6-25-17)21-19(22)14-5-3-4-13(8-14)11-27(2,23)24/h3-5,8-10,12H,6-7,11H2,1-2H3,(H,21,22). The molecule has 3 rings (SSSR count). The monoisotopic (exact) mass is 453 g/mol. The predicted octanol–water partition coefficient (Wildman–Crippen LogP) is 3.26. The van der Waals surface area contributed by atoms with Gasteiger partial charge >= 0.3 is 0 Å². The molecule has 1 unspecified atom stereocenters. The Hall–Kier alpha value is -2.06. The minimum Gasteiger partial charge on any atom is -0.486 e. The van der Waals surface area contributed by atoms with Crippen molar-refractivity contribution in [2.75, 3.05) is 19.5 Å². The van der Waals surface area contributed by atoms with Crippen molar-refractivity contribution in [2.45, 2.75) is 18.7 Å². The smallest absolute Gasteiger partial charge is 0.251 e. The molecule has 1 N–H and O–H groups in total. The van der Waals surface area contributed by atoms with Crippen LogP contribution in [0.4, 0.5) is 0 Å². The van der Waals surface area contributed by atoms with Gasteiger partial charge in [0.2, 0.25) is 0 Å². The van der Waals surface area contributed by atoms with Gasteiger partial charge in [0, 0.05) is 16.3 Å². The zero-order valence-corrected chi connectivity index (χ0v) is 17.4. The van der Waals surface area contributed by atoms with E-state index in [1.54, 1.807) is 24.3 Å². The van der Waals surface area contributed by atoms with Gasteiger partial charge < -0.3 is 14.8 Å². The first-order valence-corrected chi connectivity index (χ1v) is 11.2. The normalized spacial score (nSPS) is 14.5. The summed E-state index contributed by atoms with van der Waals surface area (Å²) in [6, 6.07) is 10.0. The van der Waals surface area contributed by atoms with Crippen molar-refractivity contribution in [3.63, 3.8) is 0 Å². The van der Waals surface area contributed by atoms with Crippen molar-refractivity contribution >= 4 is 31.7 Å². The van der Waals surface area contributed by atoms with Crippen LogP contribution in [0.1, 0.15) is 34.5 Å². The van der Waals surface area contributed by atoms with Crippen LogP contribution >= 0.6 is 15.9 Å². The number of amides is 1.